The summed E-state index contributed by atoms with van der Waals surface area (Å²) in [6, 6.07) is 16.8. The molecular weight excluding hydrogens is 448 g/mol. The van der Waals surface area contributed by atoms with Crippen LogP contribution in [0.15, 0.2) is 71.2 Å². The molecule has 0 atom stereocenters. The molecule has 0 unspecified atom stereocenters. The lowest BCUT2D eigenvalue weighted by Crippen LogP contribution is -2.04. The maximum Gasteiger partial charge on any atom is 0.416 e. The zero-order valence-electron chi connectivity index (χ0n) is 16.6. The predicted molar refractivity (Wildman–Crippen MR) is 119 cm³/mol. The highest BCUT2D eigenvalue weighted by Crippen LogP contribution is 2.32. The Labute approximate surface area is 189 Å². The Kier molecular flexibility index (Phi) is 8.10. The molecule has 0 aromatic heterocycles. The van der Waals surface area contributed by atoms with Crippen molar-refractivity contribution in [3.05, 3.63) is 82.4 Å². The SMILES string of the molecule is FC(F)(F)c1ccc(CCCCOc2cccc3c(OCC=C(Cl)Cl)cccc23)cc1. The lowest BCUT2D eigenvalue weighted by atomic mass is 10.1. The number of halogens is 5. The fourth-order valence-corrected chi connectivity index (χ4v) is 3.30. The fraction of sp³-hybridized carbons (Fsp3) is 0.250. The Morgan fingerprint density at radius 3 is 2.00 bits per heavy atom. The van der Waals surface area contributed by atoms with Crippen LogP contribution in [-0.2, 0) is 12.6 Å². The molecule has 3 aromatic rings. The molecule has 0 spiro atoms. The molecule has 31 heavy (non-hydrogen) atoms. The van der Waals surface area contributed by atoms with Gasteiger partial charge in [0.05, 0.1) is 12.2 Å². The second kappa shape index (κ2) is 10.8. The Morgan fingerprint density at radius 1 is 0.806 bits per heavy atom. The number of hydrogen-bond donors (Lipinski definition) is 0. The molecule has 7 heteroatoms. The first-order valence-electron chi connectivity index (χ1n) is 9.79. The van der Waals surface area contributed by atoms with Crippen LogP contribution in [0.3, 0.4) is 0 Å². The summed E-state index contributed by atoms with van der Waals surface area (Å²) in [5, 5.41) is 1.85. The van der Waals surface area contributed by atoms with Crippen LogP contribution in [0.5, 0.6) is 11.5 Å². The van der Waals surface area contributed by atoms with Crippen LogP contribution in [0.1, 0.15) is 24.0 Å². The van der Waals surface area contributed by atoms with Crippen LogP contribution in [0.4, 0.5) is 13.2 Å². The molecule has 0 fully saturated rings. The van der Waals surface area contributed by atoms with Gasteiger partial charge in [-0.05, 0) is 55.2 Å². The van der Waals surface area contributed by atoms with Crippen LogP contribution < -0.4 is 9.47 Å². The van der Waals surface area contributed by atoms with Crippen LogP contribution in [0.2, 0.25) is 0 Å². The minimum atomic E-state index is -4.30. The van der Waals surface area contributed by atoms with Crippen molar-refractivity contribution in [2.24, 2.45) is 0 Å². The molecule has 0 saturated heterocycles. The summed E-state index contributed by atoms with van der Waals surface area (Å²) < 4.78 is 49.7. The molecule has 0 saturated carbocycles. The van der Waals surface area contributed by atoms with Gasteiger partial charge in [-0.2, -0.15) is 13.2 Å². The van der Waals surface area contributed by atoms with E-state index in [9.17, 15) is 13.2 Å². The number of ether oxygens (including phenoxy) is 2. The maximum atomic E-state index is 12.6. The smallest absolute Gasteiger partial charge is 0.416 e. The van der Waals surface area contributed by atoms with Crippen molar-refractivity contribution in [1.29, 1.82) is 0 Å². The van der Waals surface area contributed by atoms with Crippen molar-refractivity contribution in [3.8, 4) is 11.5 Å². The predicted octanol–water partition coefficient (Wildman–Crippen LogP) is 7.96. The molecule has 0 amide bonds. The van der Waals surface area contributed by atoms with E-state index >= 15 is 0 Å². The van der Waals surface area contributed by atoms with E-state index in [1.165, 1.54) is 12.1 Å². The van der Waals surface area contributed by atoms with Crippen LogP contribution >= 0.6 is 23.2 Å². The molecule has 0 aliphatic rings. The van der Waals surface area contributed by atoms with E-state index in [0.29, 0.717) is 18.8 Å². The highest BCUT2D eigenvalue weighted by molar-refractivity contribution is 6.55. The van der Waals surface area contributed by atoms with Crippen LogP contribution in [0.25, 0.3) is 10.8 Å². The van der Waals surface area contributed by atoms with Crippen molar-refractivity contribution in [2.75, 3.05) is 13.2 Å². The lowest BCUT2D eigenvalue weighted by molar-refractivity contribution is -0.137. The average Bonchev–Trinajstić information content (AvgIpc) is 2.73. The summed E-state index contributed by atoms with van der Waals surface area (Å²) in [4.78, 5) is 0. The summed E-state index contributed by atoms with van der Waals surface area (Å²) in [6.45, 7) is 0.770. The second-order valence-corrected chi connectivity index (χ2v) is 7.92. The molecule has 0 N–H and O–H groups in total. The molecule has 3 aromatic carbocycles. The normalized spacial score (nSPS) is 11.4. The van der Waals surface area contributed by atoms with Crippen molar-refractivity contribution in [3.63, 3.8) is 0 Å². The van der Waals surface area contributed by atoms with Gasteiger partial charge in [0.1, 0.15) is 22.6 Å². The minimum absolute atomic E-state index is 0.153. The largest absolute Gasteiger partial charge is 0.493 e. The summed E-state index contributed by atoms with van der Waals surface area (Å²) in [6.07, 6.45) is -0.434. The summed E-state index contributed by atoms with van der Waals surface area (Å²) >= 11 is 11.2. The molecule has 0 aliphatic carbocycles. The van der Waals surface area contributed by atoms with Crippen molar-refractivity contribution >= 4 is 34.0 Å². The third-order valence-electron chi connectivity index (χ3n) is 4.72. The standard InChI is InChI=1S/C24H21Cl2F3O2/c25-23(26)14-16-31-22-9-4-6-19-20(22)7-3-8-21(19)30-15-2-1-5-17-10-12-18(13-11-17)24(27,28)29/h3-4,6-14H,1-2,5,15-16H2. The summed E-state index contributed by atoms with van der Waals surface area (Å²) in [5.41, 5.74) is 0.256. The van der Waals surface area contributed by atoms with Gasteiger partial charge in [-0.1, -0.05) is 59.6 Å². The number of benzene rings is 3. The Morgan fingerprint density at radius 2 is 1.42 bits per heavy atom. The number of fused-ring (bicyclic) bond motifs is 1. The zero-order chi connectivity index (χ0) is 22.3. The maximum absolute atomic E-state index is 12.6. The molecule has 2 nitrogen and oxygen atoms in total. The fourth-order valence-electron chi connectivity index (χ4n) is 3.17. The number of hydrogen-bond acceptors (Lipinski definition) is 2. The quantitative estimate of drug-likeness (QED) is 0.296. The topological polar surface area (TPSA) is 18.5 Å². The molecule has 0 bridgehead atoms. The van der Waals surface area contributed by atoms with Gasteiger partial charge >= 0.3 is 6.18 Å². The first-order chi connectivity index (χ1) is 14.8. The highest BCUT2D eigenvalue weighted by Gasteiger charge is 2.29. The minimum Gasteiger partial charge on any atom is -0.493 e. The van der Waals surface area contributed by atoms with E-state index in [1.807, 2.05) is 36.4 Å². The monoisotopic (exact) mass is 468 g/mol. The van der Waals surface area contributed by atoms with Gasteiger partial charge in [0, 0.05) is 10.8 Å². The molecule has 3 rings (SSSR count). The molecule has 0 heterocycles. The van der Waals surface area contributed by atoms with Crippen molar-refractivity contribution in [1.82, 2.24) is 0 Å². The van der Waals surface area contributed by atoms with Crippen molar-refractivity contribution in [2.45, 2.75) is 25.4 Å². The first kappa shape index (κ1) is 23.3. The molecule has 164 valence electrons. The van der Waals surface area contributed by atoms with E-state index in [0.717, 1.165) is 47.1 Å². The average molecular weight is 469 g/mol. The van der Waals surface area contributed by atoms with Crippen molar-refractivity contribution < 1.29 is 22.6 Å². The molecule has 0 aliphatic heterocycles. The van der Waals surface area contributed by atoms with Gasteiger partial charge in [-0.25, -0.2) is 0 Å². The molecule has 0 radical (unpaired) electrons. The first-order valence-corrected chi connectivity index (χ1v) is 10.5. The second-order valence-electron chi connectivity index (χ2n) is 6.91. The zero-order valence-corrected chi connectivity index (χ0v) is 18.1. The highest BCUT2D eigenvalue weighted by atomic mass is 35.5. The van der Waals surface area contributed by atoms with Gasteiger partial charge in [0.2, 0.25) is 0 Å². The van der Waals surface area contributed by atoms with Gasteiger partial charge < -0.3 is 9.47 Å². The third kappa shape index (κ3) is 6.81. The van der Waals surface area contributed by atoms with E-state index in [4.69, 9.17) is 32.7 Å². The Balaban J connectivity index is 1.53. The van der Waals surface area contributed by atoms with E-state index < -0.39 is 11.7 Å². The lowest BCUT2D eigenvalue weighted by Gasteiger charge is -2.12. The van der Waals surface area contributed by atoms with Gasteiger partial charge in [0.25, 0.3) is 0 Å². The van der Waals surface area contributed by atoms with Gasteiger partial charge in [-0.3, -0.25) is 0 Å². The van der Waals surface area contributed by atoms with E-state index in [2.05, 4.69) is 0 Å². The summed E-state index contributed by atoms with van der Waals surface area (Å²) in [7, 11) is 0. The molecular formula is C24H21Cl2F3O2. The number of unbranched alkanes of at least 4 members (excludes halogenated alkanes) is 1. The third-order valence-corrected chi connectivity index (χ3v) is 5.03. The number of alkyl halides is 3. The van der Waals surface area contributed by atoms with E-state index in [1.54, 1.807) is 6.08 Å². The van der Waals surface area contributed by atoms with Crippen LogP contribution in [0, 0.1) is 0 Å². The Hall–Kier alpha value is -2.37. The number of aryl methyl sites for hydroxylation is 1. The Bertz CT molecular complexity index is 1030. The van der Waals surface area contributed by atoms with Gasteiger partial charge in [0.15, 0.2) is 0 Å². The number of rotatable bonds is 9. The summed E-state index contributed by atoms with van der Waals surface area (Å²) in [5.74, 6) is 1.46. The van der Waals surface area contributed by atoms with E-state index in [-0.39, 0.29) is 11.1 Å². The van der Waals surface area contributed by atoms with Crippen LogP contribution in [-0.4, -0.2) is 13.2 Å². The van der Waals surface area contributed by atoms with Gasteiger partial charge in [-0.15, -0.1) is 0 Å².